The topological polar surface area (TPSA) is 80.3 Å². The average Bonchev–Trinajstić information content (AvgIpc) is 2.65. The number of rotatable bonds is 5. The predicted molar refractivity (Wildman–Crippen MR) is 111 cm³/mol. The predicted octanol–water partition coefficient (Wildman–Crippen LogP) is 4.00. The number of methoxy groups -OCH3 is 1. The number of pyridine rings is 1. The number of carbonyl (C=O) groups excluding carboxylic acids is 2. The van der Waals surface area contributed by atoms with Gasteiger partial charge in [0.25, 0.3) is 0 Å². The number of fused-ring (bicyclic) bond motifs is 1. The molecule has 0 aliphatic rings. The minimum absolute atomic E-state index is 0.151. The molecule has 0 aliphatic carbocycles. The number of hydrogen-bond donors (Lipinski definition) is 2. The minimum atomic E-state index is -0.213. The molecule has 2 amide bonds. The maximum Gasteiger partial charge on any atom is 0.228 e. The summed E-state index contributed by atoms with van der Waals surface area (Å²) in [6.45, 7) is 5.36. The van der Waals surface area contributed by atoms with Crippen LogP contribution in [0.3, 0.4) is 0 Å². The number of carbonyl (C=O) groups is 2. The Bertz CT molecular complexity index is 1060. The van der Waals surface area contributed by atoms with Gasteiger partial charge in [-0.05, 0) is 49.2 Å². The molecule has 1 aromatic heterocycles. The summed E-state index contributed by atoms with van der Waals surface area (Å²) in [5.41, 5.74) is 4.85. The van der Waals surface area contributed by atoms with Crippen LogP contribution in [-0.4, -0.2) is 23.9 Å². The summed E-state index contributed by atoms with van der Waals surface area (Å²) in [6.07, 6.45) is 0.219. The molecule has 0 saturated carbocycles. The quantitative estimate of drug-likeness (QED) is 0.704. The number of anilines is 2. The molecule has 0 unspecified atom stereocenters. The molecule has 2 N–H and O–H groups in total. The SMILES string of the molecule is COc1ccc(NC(=O)Cc2c(C)nc3ccccc3c2C)cc1NC(C)=O. The van der Waals surface area contributed by atoms with Gasteiger partial charge in [0.1, 0.15) is 5.75 Å². The van der Waals surface area contributed by atoms with E-state index < -0.39 is 0 Å². The number of ether oxygens (including phenoxy) is 1. The zero-order valence-corrected chi connectivity index (χ0v) is 16.4. The van der Waals surface area contributed by atoms with Crippen LogP contribution >= 0.6 is 0 Å². The Morgan fingerprint density at radius 1 is 1.07 bits per heavy atom. The molecule has 2 aromatic carbocycles. The number of nitrogens with zero attached hydrogens (tertiary/aromatic N) is 1. The first-order chi connectivity index (χ1) is 13.4. The fraction of sp³-hybridized carbons (Fsp3) is 0.227. The van der Waals surface area contributed by atoms with Crippen LogP contribution in [0.5, 0.6) is 5.75 Å². The van der Waals surface area contributed by atoms with E-state index in [2.05, 4.69) is 15.6 Å². The van der Waals surface area contributed by atoms with E-state index in [1.165, 1.54) is 14.0 Å². The average molecular weight is 377 g/mol. The van der Waals surface area contributed by atoms with Gasteiger partial charge in [-0.2, -0.15) is 0 Å². The molecular formula is C22H23N3O3. The lowest BCUT2D eigenvalue weighted by molar-refractivity contribution is -0.116. The highest BCUT2D eigenvalue weighted by molar-refractivity contribution is 5.96. The number of para-hydroxylation sites is 1. The van der Waals surface area contributed by atoms with Gasteiger partial charge in [0.15, 0.2) is 0 Å². The van der Waals surface area contributed by atoms with Gasteiger partial charge in [-0.25, -0.2) is 0 Å². The van der Waals surface area contributed by atoms with Crippen molar-refractivity contribution in [2.45, 2.75) is 27.2 Å². The van der Waals surface area contributed by atoms with Crippen molar-refractivity contribution < 1.29 is 14.3 Å². The second kappa shape index (κ2) is 8.08. The summed E-state index contributed by atoms with van der Waals surface area (Å²) < 4.78 is 5.24. The van der Waals surface area contributed by atoms with Crippen molar-refractivity contribution in [2.75, 3.05) is 17.7 Å². The molecule has 0 atom stereocenters. The van der Waals surface area contributed by atoms with Gasteiger partial charge in [-0.3, -0.25) is 14.6 Å². The van der Waals surface area contributed by atoms with E-state index in [4.69, 9.17) is 4.74 Å². The summed E-state index contributed by atoms with van der Waals surface area (Å²) in [4.78, 5) is 28.7. The van der Waals surface area contributed by atoms with Crippen molar-refractivity contribution in [1.82, 2.24) is 4.98 Å². The number of aromatic nitrogens is 1. The van der Waals surface area contributed by atoms with Crippen molar-refractivity contribution in [2.24, 2.45) is 0 Å². The fourth-order valence-corrected chi connectivity index (χ4v) is 3.27. The third kappa shape index (κ3) is 4.11. The Hall–Kier alpha value is -3.41. The maximum absolute atomic E-state index is 12.7. The molecule has 6 heteroatoms. The van der Waals surface area contributed by atoms with Gasteiger partial charge in [0.05, 0.1) is 24.7 Å². The largest absolute Gasteiger partial charge is 0.495 e. The number of hydrogen-bond acceptors (Lipinski definition) is 4. The summed E-state index contributed by atoms with van der Waals surface area (Å²) in [5.74, 6) is 0.163. The number of benzene rings is 2. The molecule has 0 fully saturated rings. The van der Waals surface area contributed by atoms with E-state index in [1.807, 2.05) is 38.1 Å². The third-order valence-corrected chi connectivity index (χ3v) is 4.62. The highest BCUT2D eigenvalue weighted by Crippen LogP contribution is 2.28. The van der Waals surface area contributed by atoms with Crippen LogP contribution < -0.4 is 15.4 Å². The zero-order valence-electron chi connectivity index (χ0n) is 16.4. The highest BCUT2D eigenvalue weighted by atomic mass is 16.5. The molecule has 0 radical (unpaired) electrons. The minimum Gasteiger partial charge on any atom is -0.495 e. The number of nitrogens with one attached hydrogen (secondary N) is 2. The normalized spacial score (nSPS) is 10.6. The Balaban J connectivity index is 1.83. The van der Waals surface area contributed by atoms with Crippen LogP contribution in [0.1, 0.15) is 23.7 Å². The number of amides is 2. The molecule has 0 saturated heterocycles. The van der Waals surface area contributed by atoms with Crippen molar-refractivity contribution in [3.05, 3.63) is 59.3 Å². The van der Waals surface area contributed by atoms with Crippen LogP contribution in [0.25, 0.3) is 10.9 Å². The van der Waals surface area contributed by atoms with E-state index in [1.54, 1.807) is 18.2 Å². The van der Waals surface area contributed by atoms with Crippen LogP contribution in [0.4, 0.5) is 11.4 Å². The lowest BCUT2D eigenvalue weighted by atomic mass is 9.99. The zero-order chi connectivity index (χ0) is 20.3. The molecule has 3 rings (SSSR count). The monoisotopic (exact) mass is 377 g/mol. The van der Waals surface area contributed by atoms with Gasteiger partial charge in [-0.15, -0.1) is 0 Å². The first kappa shape index (κ1) is 19.4. The smallest absolute Gasteiger partial charge is 0.228 e. The van der Waals surface area contributed by atoms with E-state index in [0.29, 0.717) is 17.1 Å². The Morgan fingerprint density at radius 2 is 1.82 bits per heavy atom. The van der Waals surface area contributed by atoms with Gasteiger partial charge in [-0.1, -0.05) is 18.2 Å². The molecule has 0 bridgehead atoms. The van der Waals surface area contributed by atoms with E-state index in [-0.39, 0.29) is 18.2 Å². The fourth-order valence-electron chi connectivity index (χ4n) is 3.27. The molecule has 1 heterocycles. The highest BCUT2D eigenvalue weighted by Gasteiger charge is 2.14. The summed E-state index contributed by atoms with van der Waals surface area (Å²) in [7, 11) is 1.52. The van der Waals surface area contributed by atoms with E-state index >= 15 is 0 Å². The van der Waals surface area contributed by atoms with Crippen molar-refractivity contribution in [3.8, 4) is 5.75 Å². The van der Waals surface area contributed by atoms with Gasteiger partial charge >= 0.3 is 0 Å². The molecular weight excluding hydrogens is 354 g/mol. The van der Waals surface area contributed by atoms with Gasteiger partial charge in [0, 0.05) is 23.7 Å². The van der Waals surface area contributed by atoms with Gasteiger partial charge in [0.2, 0.25) is 11.8 Å². The summed E-state index contributed by atoms with van der Waals surface area (Å²) in [6, 6.07) is 13.0. The molecule has 144 valence electrons. The molecule has 3 aromatic rings. The lowest BCUT2D eigenvalue weighted by Gasteiger charge is -2.14. The van der Waals surface area contributed by atoms with Crippen LogP contribution in [0.2, 0.25) is 0 Å². The second-order valence-electron chi connectivity index (χ2n) is 6.64. The molecule has 0 spiro atoms. The molecule has 0 aliphatic heterocycles. The Labute approximate surface area is 163 Å². The van der Waals surface area contributed by atoms with E-state index in [0.717, 1.165) is 27.7 Å². The maximum atomic E-state index is 12.7. The standard InChI is InChI=1S/C22H23N3O3/c1-13-17-7-5-6-8-19(17)23-14(2)18(13)12-22(27)25-16-9-10-21(28-4)20(11-16)24-15(3)26/h5-11H,12H2,1-4H3,(H,24,26)(H,25,27). The first-order valence-corrected chi connectivity index (χ1v) is 8.99. The third-order valence-electron chi connectivity index (χ3n) is 4.62. The number of aryl methyl sites for hydroxylation is 2. The van der Waals surface area contributed by atoms with Gasteiger partial charge < -0.3 is 15.4 Å². The summed E-state index contributed by atoms with van der Waals surface area (Å²) >= 11 is 0. The van der Waals surface area contributed by atoms with Crippen molar-refractivity contribution in [3.63, 3.8) is 0 Å². The lowest BCUT2D eigenvalue weighted by Crippen LogP contribution is -2.17. The summed E-state index contributed by atoms with van der Waals surface area (Å²) in [5, 5.41) is 6.63. The Kier molecular flexibility index (Phi) is 5.59. The Morgan fingerprint density at radius 3 is 2.54 bits per heavy atom. The van der Waals surface area contributed by atoms with Crippen LogP contribution in [0.15, 0.2) is 42.5 Å². The molecule has 6 nitrogen and oxygen atoms in total. The van der Waals surface area contributed by atoms with E-state index in [9.17, 15) is 9.59 Å². The van der Waals surface area contributed by atoms with Crippen LogP contribution in [0, 0.1) is 13.8 Å². The first-order valence-electron chi connectivity index (χ1n) is 8.99. The van der Waals surface area contributed by atoms with Crippen molar-refractivity contribution in [1.29, 1.82) is 0 Å². The van der Waals surface area contributed by atoms with Crippen molar-refractivity contribution >= 4 is 34.1 Å². The molecule has 28 heavy (non-hydrogen) atoms. The van der Waals surface area contributed by atoms with Crippen LogP contribution in [-0.2, 0) is 16.0 Å². The second-order valence-corrected chi connectivity index (χ2v) is 6.64.